The zero-order chi connectivity index (χ0) is 16.9. The van der Waals surface area contributed by atoms with Crippen LogP contribution in [0.25, 0.3) is 0 Å². The molecule has 0 N–H and O–H groups in total. The second kappa shape index (κ2) is 9.56. The zero-order valence-electron chi connectivity index (χ0n) is 14.5. The summed E-state index contributed by atoms with van der Waals surface area (Å²) >= 11 is 5.83. The van der Waals surface area contributed by atoms with E-state index in [9.17, 15) is 9.59 Å². The molecule has 0 radical (unpaired) electrons. The number of carbonyl (C=O) groups excluding carboxylic acids is 2. The second-order valence-electron chi connectivity index (χ2n) is 6.91. The van der Waals surface area contributed by atoms with Crippen LogP contribution >= 0.6 is 24.0 Å². The van der Waals surface area contributed by atoms with E-state index in [0.29, 0.717) is 17.0 Å². The molecule has 1 saturated carbocycles. The van der Waals surface area contributed by atoms with Crippen LogP contribution in [0.5, 0.6) is 0 Å². The molecule has 4 nitrogen and oxygen atoms in total. The van der Waals surface area contributed by atoms with Crippen LogP contribution in [0.15, 0.2) is 24.3 Å². The Hall–Kier alpha value is -1.10. The topological polar surface area (TPSA) is 40.6 Å². The number of ketones is 1. The number of hydrogen-bond acceptors (Lipinski definition) is 3. The maximum Gasteiger partial charge on any atom is 0.223 e. The maximum absolute atomic E-state index is 12.4. The van der Waals surface area contributed by atoms with E-state index < -0.39 is 0 Å². The summed E-state index contributed by atoms with van der Waals surface area (Å²) in [5.41, 5.74) is 0.624. The van der Waals surface area contributed by atoms with Crippen molar-refractivity contribution in [3.8, 4) is 0 Å². The van der Waals surface area contributed by atoms with Gasteiger partial charge in [-0.1, -0.05) is 11.6 Å². The molecule has 1 saturated heterocycles. The summed E-state index contributed by atoms with van der Waals surface area (Å²) < 4.78 is 0. The number of benzene rings is 1. The Bertz CT molecular complexity index is 588. The average Bonchev–Trinajstić information content (AvgIpc) is 3.41. The first-order valence-electron chi connectivity index (χ1n) is 8.91. The first-order valence-corrected chi connectivity index (χ1v) is 9.28. The molecule has 1 aliphatic heterocycles. The van der Waals surface area contributed by atoms with Crippen molar-refractivity contribution in [2.24, 2.45) is 5.92 Å². The van der Waals surface area contributed by atoms with Gasteiger partial charge in [0, 0.05) is 49.6 Å². The highest BCUT2D eigenvalue weighted by Gasteiger charge is 2.26. The van der Waals surface area contributed by atoms with E-state index in [4.69, 9.17) is 11.6 Å². The van der Waals surface area contributed by atoms with Crippen LogP contribution in [0.4, 0.5) is 0 Å². The van der Waals surface area contributed by atoms with Crippen LogP contribution in [0.2, 0.25) is 5.02 Å². The lowest BCUT2D eigenvalue weighted by Gasteiger charge is -2.22. The Morgan fingerprint density at radius 1 is 1.00 bits per heavy atom. The van der Waals surface area contributed by atoms with Crippen molar-refractivity contribution in [3.05, 3.63) is 34.9 Å². The lowest BCUT2D eigenvalue weighted by atomic mass is 10.1. The molecule has 1 aliphatic carbocycles. The van der Waals surface area contributed by atoms with Gasteiger partial charge < -0.3 is 9.80 Å². The molecule has 138 valence electrons. The monoisotopic (exact) mass is 384 g/mol. The third-order valence-corrected chi connectivity index (χ3v) is 5.14. The fraction of sp³-hybridized carbons (Fsp3) is 0.579. The quantitative estimate of drug-likeness (QED) is 0.702. The van der Waals surface area contributed by atoms with Crippen molar-refractivity contribution in [3.63, 3.8) is 0 Å². The normalized spacial score (nSPS) is 18.4. The molecule has 6 heteroatoms. The third-order valence-electron chi connectivity index (χ3n) is 4.89. The van der Waals surface area contributed by atoms with Gasteiger partial charge in [-0.3, -0.25) is 9.59 Å². The highest BCUT2D eigenvalue weighted by molar-refractivity contribution is 6.30. The molecule has 0 atom stereocenters. The van der Waals surface area contributed by atoms with Gasteiger partial charge in [0.2, 0.25) is 5.91 Å². The van der Waals surface area contributed by atoms with E-state index in [1.807, 2.05) is 4.90 Å². The maximum atomic E-state index is 12.4. The van der Waals surface area contributed by atoms with E-state index in [1.54, 1.807) is 24.3 Å². The summed E-state index contributed by atoms with van der Waals surface area (Å²) in [7, 11) is 0. The van der Waals surface area contributed by atoms with Crippen LogP contribution in [0.3, 0.4) is 0 Å². The Morgan fingerprint density at radius 2 is 1.72 bits per heavy atom. The van der Waals surface area contributed by atoms with E-state index in [2.05, 4.69) is 4.90 Å². The van der Waals surface area contributed by atoms with Crippen molar-refractivity contribution in [1.29, 1.82) is 0 Å². The lowest BCUT2D eigenvalue weighted by Crippen LogP contribution is -2.35. The average molecular weight is 385 g/mol. The summed E-state index contributed by atoms with van der Waals surface area (Å²) in [6.07, 6.45) is 4.33. The number of amides is 1. The first-order chi connectivity index (χ1) is 11.6. The minimum absolute atomic E-state index is 0. The summed E-state index contributed by atoms with van der Waals surface area (Å²) in [5, 5.41) is 0.614. The molecular weight excluding hydrogens is 359 g/mol. The van der Waals surface area contributed by atoms with Gasteiger partial charge in [-0.05, 0) is 56.0 Å². The van der Waals surface area contributed by atoms with Crippen LogP contribution in [-0.4, -0.2) is 54.2 Å². The van der Waals surface area contributed by atoms with E-state index in [-0.39, 0.29) is 30.5 Å². The van der Waals surface area contributed by atoms with Crippen molar-refractivity contribution < 1.29 is 9.59 Å². The van der Waals surface area contributed by atoms with Gasteiger partial charge in [0.15, 0.2) is 5.78 Å². The van der Waals surface area contributed by atoms with Crippen LogP contribution in [-0.2, 0) is 4.79 Å². The number of hydrogen-bond donors (Lipinski definition) is 0. The summed E-state index contributed by atoms with van der Waals surface area (Å²) in [5.74, 6) is 1.00. The number of halogens is 2. The van der Waals surface area contributed by atoms with E-state index >= 15 is 0 Å². The Labute approximate surface area is 160 Å². The molecule has 1 amide bonds. The van der Waals surface area contributed by atoms with E-state index in [1.165, 1.54) is 19.4 Å². The summed E-state index contributed by atoms with van der Waals surface area (Å²) in [6, 6.07) is 6.85. The van der Waals surface area contributed by atoms with E-state index in [0.717, 1.165) is 38.5 Å². The number of carbonyl (C=O) groups is 2. The minimum Gasteiger partial charge on any atom is -0.341 e. The molecule has 2 aliphatic rings. The smallest absolute Gasteiger partial charge is 0.223 e. The van der Waals surface area contributed by atoms with Gasteiger partial charge in [-0.15, -0.1) is 12.4 Å². The largest absolute Gasteiger partial charge is 0.341 e. The SMILES string of the molecule is Cl.O=C(CCC(=O)N1CCCN(CC2CC2)CC1)c1ccc(Cl)cc1. The molecular formula is C19H26Cl2N2O2. The van der Waals surface area contributed by atoms with Crippen LogP contribution < -0.4 is 0 Å². The van der Waals surface area contributed by atoms with Gasteiger partial charge in [-0.25, -0.2) is 0 Å². The fourth-order valence-corrected chi connectivity index (χ4v) is 3.35. The molecule has 0 spiro atoms. The van der Waals surface area contributed by atoms with Crippen LogP contribution in [0, 0.1) is 5.92 Å². The second-order valence-corrected chi connectivity index (χ2v) is 7.34. The molecule has 1 aromatic rings. The number of nitrogens with zero attached hydrogens (tertiary/aromatic N) is 2. The standard InChI is InChI=1S/C19H25ClN2O2.ClH/c20-17-6-4-16(5-7-17)18(23)8-9-19(24)22-11-1-10-21(12-13-22)14-15-2-3-15;/h4-7,15H,1-3,8-14H2;1H. The number of rotatable bonds is 6. The number of Topliss-reactive ketones (excluding diaryl/α,β-unsaturated/α-hetero) is 1. The Balaban J connectivity index is 0.00000225. The van der Waals surface area contributed by atoms with Gasteiger partial charge in [-0.2, -0.15) is 0 Å². The zero-order valence-corrected chi connectivity index (χ0v) is 16.0. The van der Waals surface area contributed by atoms with Gasteiger partial charge in [0.1, 0.15) is 0 Å². The van der Waals surface area contributed by atoms with Crippen molar-refractivity contribution in [2.75, 3.05) is 32.7 Å². The summed E-state index contributed by atoms with van der Waals surface area (Å²) in [6.45, 7) is 4.85. The predicted octanol–water partition coefficient (Wildman–Crippen LogP) is 3.67. The highest BCUT2D eigenvalue weighted by atomic mass is 35.5. The molecule has 1 heterocycles. The molecule has 0 bridgehead atoms. The molecule has 25 heavy (non-hydrogen) atoms. The summed E-state index contributed by atoms with van der Waals surface area (Å²) in [4.78, 5) is 29.0. The fourth-order valence-electron chi connectivity index (χ4n) is 3.23. The van der Waals surface area contributed by atoms with Gasteiger partial charge in [0.25, 0.3) is 0 Å². The first kappa shape index (κ1) is 20.2. The molecule has 1 aromatic carbocycles. The van der Waals surface area contributed by atoms with Gasteiger partial charge in [0.05, 0.1) is 0 Å². The molecule has 2 fully saturated rings. The molecule has 3 rings (SSSR count). The lowest BCUT2D eigenvalue weighted by molar-refractivity contribution is -0.131. The van der Waals surface area contributed by atoms with Gasteiger partial charge >= 0.3 is 0 Å². The molecule has 0 aromatic heterocycles. The molecule has 0 unspecified atom stereocenters. The highest BCUT2D eigenvalue weighted by Crippen LogP contribution is 2.29. The van der Waals surface area contributed by atoms with Crippen molar-refractivity contribution in [2.45, 2.75) is 32.1 Å². The van der Waals surface area contributed by atoms with Crippen molar-refractivity contribution in [1.82, 2.24) is 9.80 Å². The van der Waals surface area contributed by atoms with Crippen LogP contribution in [0.1, 0.15) is 42.5 Å². The van der Waals surface area contributed by atoms with Crippen molar-refractivity contribution >= 4 is 35.7 Å². The minimum atomic E-state index is 0. The third kappa shape index (κ3) is 6.28. The predicted molar refractivity (Wildman–Crippen MR) is 103 cm³/mol. The Kier molecular flexibility index (Phi) is 7.73. The Morgan fingerprint density at radius 3 is 2.40 bits per heavy atom.